The molecule has 0 aliphatic carbocycles. The zero-order valence-electron chi connectivity index (χ0n) is 41.0. The van der Waals surface area contributed by atoms with Gasteiger partial charge in [-0.05, 0) is 44.9 Å². The molecule has 4 heteroatoms. The van der Waals surface area contributed by atoms with E-state index in [0.29, 0.717) is 12.8 Å². The van der Waals surface area contributed by atoms with Gasteiger partial charge in [-0.3, -0.25) is 4.79 Å². The number of amides is 1. The fourth-order valence-electron chi connectivity index (χ4n) is 8.75. The first-order valence-electron chi connectivity index (χ1n) is 27.5. The van der Waals surface area contributed by atoms with Gasteiger partial charge in [-0.15, -0.1) is 0 Å². The summed E-state index contributed by atoms with van der Waals surface area (Å²) in [6.45, 7) is 4.39. The van der Waals surface area contributed by atoms with Crippen molar-refractivity contribution in [3.63, 3.8) is 0 Å². The van der Waals surface area contributed by atoms with E-state index in [2.05, 4.69) is 43.5 Å². The van der Waals surface area contributed by atoms with Crippen LogP contribution in [0.1, 0.15) is 309 Å². The van der Waals surface area contributed by atoms with Crippen molar-refractivity contribution < 1.29 is 15.0 Å². The molecule has 356 valence electrons. The van der Waals surface area contributed by atoms with E-state index in [1.54, 1.807) is 0 Å². The van der Waals surface area contributed by atoms with Crippen LogP contribution in [-0.4, -0.2) is 34.9 Å². The maximum Gasteiger partial charge on any atom is 0.220 e. The van der Waals surface area contributed by atoms with E-state index in [-0.39, 0.29) is 12.5 Å². The molecule has 0 saturated carbocycles. The molecule has 0 saturated heterocycles. The third-order valence-electron chi connectivity index (χ3n) is 13.0. The highest BCUT2D eigenvalue weighted by atomic mass is 16.3. The minimum Gasteiger partial charge on any atom is -0.394 e. The van der Waals surface area contributed by atoms with E-state index in [0.717, 1.165) is 32.1 Å². The molecular formula is C56H109NO3. The molecule has 0 fully saturated rings. The van der Waals surface area contributed by atoms with E-state index < -0.39 is 12.1 Å². The first-order chi connectivity index (χ1) is 29.7. The Kier molecular flexibility index (Phi) is 51.2. The lowest BCUT2D eigenvalue weighted by Crippen LogP contribution is -2.45. The van der Waals surface area contributed by atoms with Crippen molar-refractivity contribution >= 4 is 5.91 Å². The average molecular weight is 844 g/mol. The van der Waals surface area contributed by atoms with Crippen LogP contribution >= 0.6 is 0 Å². The van der Waals surface area contributed by atoms with Crippen LogP contribution in [0, 0.1) is 0 Å². The van der Waals surface area contributed by atoms with Crippen molar-refractivity contribution in [2.45, 2.75) is 321 Å². The van der Waals surface area contributed by atoms with Gasteiger partial charge >= 0.3 is 0 Å². The third-order valence-corrected chi connectivity index (χ3v) is 13.0. The lowest BCUT2D eigenvalue weighted by atomic mass is 10.0. The monoisotopic (exact) mass is 844 g/mol. The van der Waals surface area contributed by atoms with E-state index in [9.17, 15) is 15.0 Å². The predicted octanol–water partition coefficient (Wildman–Crippen LogP) is 17.9. The Hall–Kier alpha value is -1.13. The molecule has 0 aliphatic rings. The SMILES string of the molecule is CCCCCCCCCCC/C=C\C/C=C\CCCCCCCCCCCCCC(=O)NC(CO)C(O)CCCCCCCCCCCCCCCCCCCCCCC. The van der Waals surface area contributed by atoms with E-state index in [1.165, 1.54) is 250 Å². The zero-order chi connectivity index (χ0) is 43.5. The van der Waals surface area contributed by atoms with Crippen molar-refractivity contribution in [1.82, 2.24) is 5.32 Å². The fraction of sp³-hybridized carbons (Fsp3) is 0.911. The van der Waals surface area contributed by atoms with Gasteiger partial charge in [0.2, 0.25) is 5.91 Å². The number of hydrogen-bond acceptors (Lipinski definition) is 3. The van der Waals surface area contributed by atoms with Crippen molar-refractivity contribution in [3.8, 4) is 0 Å². The standard InChI is InChI=1S/C56H109NO3/c1-3-5-7-9-11-13-15-17-19-21-23-25-26-27-28-29-30-32-34-36-38-40-42-44-46-48-50-52-56(60)57-54(53-58)55(59)51-49-47-45-43-41-39-37-35-33-31-24-22-20-18-16-14-12-10-8-6-4-2/h23,25,27-28,54-55,58-59H,3-22,24,26,29-53H2,1-2H3,(H,57,60)/b25-23-,28-27-. The molecule has 2 atom stereocenters. The summed E-state index contributed by atoms with van der Waals surface area (Å²) < 4.78 is 0. The highest BCUT2D eigenvalue weighted by molar-refractivity contribution is 5.76. The van der Waals surface area contributed by atoms with Crippen LogP contribution < -0.4 is 5.32 Å². The molecule has 0 spiro atoms. The summed E-state index contributed by atoms with van der Waals surface area (Å²) >= 11 is 0. The maximum atomic E-state index is 12.5. The molecule has 3 N–H and O–H groups in total. The number of allylic oxidation sites excluding steroid dienone is 4. The summed E-state index contributed by atoms with van der Waals surface area (Å²) in [4.78, 5) is 12.5. The second-order valence-electron chi connectivity index (χ2n) is 19.0. The van der Waals surface area contributed by atoms with Gasteiger partial charge < -0.3 is 15.5 Å². The number of aliphatic hydroxyl groups excluding tert-OH is 2. The van der Waals surface area contributed by atoms with E-state index in [4.69, 9.17) is 0 Å². The van der Waals surface area contributed by atoms with Gasteiger partial charge in [0.05, 0.1) is 18.8 Å². The summed E-state index contributed by atoms with van der Waals surface area (Å²) in [6, 6.07) is -0.537. The van der Waals surface area contributed by atoms with Gasteiger partial charge in [-0.1, -0.05) is 282 Å². The van der Waals surface area contributed by atoms with Gasteiger partial charge in [0.15, 0.2) is 0 Å². The molecule has 1 amide bonds. The Balaban J connectivity index is 3.46. The van der Waals surface area contributed by atoms with Crippen LogP contribution in [0.15, 0.2) is 24.3 Å². The lowest BCUT2D eigenvalue weighted by molar-refractivity contribution is -0.123. The second-order valence-corrected chi connectivity index (χ2v) is 19.0. The van der Waals surface area contributed by atoms with Crippen LogP contribution in [0.5, 0.6) is 0 Å². The molecule has 0 aromatic rings. The lowest BCUT2D eigenvalue weighted by Gasteiger charge is -2.22. The number of unbranched alkanes of at least 4 members (excludes halogenated alkanes) is 40. The molecule has 0 bridgehead atoms. The topological polar surface area (TPSA) is 69.6 Å². The summed E-state index contributed by atoms with van der Waals surface area (Å²) in [5, 5.41) is 23.3. The molecule has 0 radical (unpaired) electrons. The molecule has 0 aliphatic heterocycles. The van der Waals surface area contributed by atoms with Gasteiger partial charge in [-0.25, -0.2) is 0 Å². The number of rotatable bonds is 51. The minimum atomic E-state index is -0.660. The first-order valence-corrected chi connectivity index (χ1v) is 27.5. The molecule has 2 unspecified atom stereocenters. The Bertz CT molecular complexity index is 871. The molecule has 4 nitrogen and oxygen atoms in total. The van der Waals surface area contributed by atoms with Gasteiger partial charge in [0.1, 0.15) is 0 Å². The number of nitrogens with one attached hydrogen (secondary N) is 1. The van der Waals surface area contributed by atoms with Crippen LogP contribution in [0.3, 0.4) is 0 Å². The molecule has 0 heterocycles. The summed E-state index contributed by atoms with van der Waals surface area (Å²) in [5.74, 6) is -0.0289. The number of aliphatic hydroxyl groups is 2. The molecule has 60 heavy (non-hydrogen) atoms. The normalized spacial score (nSPS) is 12.9. The van der Waals surface area contributed by atoms with Crippen LogP contribution in [-0.2, 0) is 4.79 Å². The van der Waals surface area contributed by atoms with Gasteiger partial charge in [0.25, 0.3) is 0 Å². The highest BCUT2D eigenvalue weighted by Gasteiger charge is 2.20. The van der Waals surface area contributed by atoms with E-state index >= 15 is 0 Å². The summed E-state index contributed by atoms with van der Waals surface area (Å²) in [7, 11) is 0. The smallest absolute Gasteiger partial charge is 0.220 e. The highest BCUT2D eigenvalue weighted by Crippen LogP contribution is 2.17. The number of hydrogen-bond donors (Lipinski definition) is 3. The largest absolute Gasteiger partial charge is 0.394 e. The third kappa shape index (κ3) is 47.9. The zero-order valence-corrected chi connectivity index (χ0v) is 41.0. The minimum absolute atomic E-state index is 0.0289. The van der Waals surface area contributed by atoms with Crippen LogP contribution in [0.25, 0.3) is 0 Å². The Morgan fingerprint density at radius 1 is 0.400 bits per heavy atom. The van der Waals surface area contributed by atoms with Crippen LogP contribution in [0.2, 0.25) is 0 Å². The number of carbonyl (C=O) groups excluding carboxylic acids is 1. The first kappa shape index (κ1) is 58.9. The Morgan fingerprint density at radius 3 is 1.00 bits per heavy atom. The maximum absolute atomic E-state index is 12.5. The average Bonchev–Trinajstić information content (AvgIpc) is 3.25. The van der Waals surface area contributed by atoms with Crippen molar-refractivity contribution in [2.75, 3.05) is 6.61 Å². The molecule has 0 aromatic carbocycles. The van der Waals surface area contributed by atoms with Gasteiger partial charge in [-0.2, -0.15) is 0 Å². The Morgan fingerprint density at radius 2 is 0.683 bits per heavy atom. The van der Waals surface area contributed by atoms with Crippen molar-refractivity contribution in [3.05, 3.63) is 24.3 Å². The van der Waals surface area contributed by atoms with Crippen molar-refractivity contribution in [1.29, 1.82) is 0 Å². The quantitative estimate of drug-likeness (QED) is 0.0422. The fourth-order valence-corrected chi connectivity index (χ4v) is 8.75. The van der Waals surface area contributed by atoms with E-state index in [1.807, 2.05) is 0 Å². The molecule has 0 aromatic heterocycles. The van der Waals surface area contributed by atoms with Crippen molar-refractivity contribution in [2.24, 2.45) is 0 Å². The summed E-state index contributed by atoms with van der Waals surface area (Å²) in [6.07, 6.45) is 68.7. The Labute approximate surface area is 377 Å². The summed E-state index contributed by atoms with van der Waals surface area (Å²) in [5.41, 5.74) is 0. The second kappa shape index (κ2) is 52.2. The van der Waals surface area contributed by atoms with Crippen LogP contribution in [0.4, 0.5) is 0 Å². The molecule has 0 rings (SSSR count). The number of carbonyl (C=O) groups is 1. The molecular weight excluding hydrogens is 735 g/mol. The predicted molar refractivity (Wildman–Crippen MR) is 267 cm³/mol. The van der Waals surface area contributed by atoms with Gasteiger partial charge in [0, 0.05) is 6.42 Å².